The largest absolute Gasteiger partial charge is 0.497 e. The molecule has 6 heteroatoms. The molecule has 130 valence electrons. The fourth-order valence-corrected chi connectivity index (χ4v) is 2.72. The summed E-state index contributed by atoms with van der Waals surface area (Å²) in [6.45, 7) is 2.00. The van der Waals surface area contributed by atoms with Gasteiger partial charge in [-0.25, -0.2) is 0 Å². The third-order valence-corrected chi connectivity index (χ3v) is 4.11. The first kappa shape index (κ1) is 16.8. The van der Waals surface area contributed by atoms with E-state index >= 15 is 0 Å². The second-order valence-corrected chi connectivity index (χ2v) is 5.76. The zero-order valence-electron chi connectivity index (χ0n) is 14.2. The van der Waals surface area contributed by atoms with Crippen LogP contribution >= 0.6 is 0 Å². The number of nitrogens with one attached hydrogen (secondary N) is 2. The first-order valence-corrected chi connectivity index (χ1v) is 8.12. The van der Waals surface area contributed by atoms with Gasteiger partial charge in [0.2, 0.25) is 0 Å². The highest BCUT2D eigenvalue weighted by molar-refractivity contribution is 6.00. The molecule has 0 saturated carbocycles. The van der Waals surface area contributed by atoms with Gasteiger partial charge in [0.25, 0.3) is 11.8 Å². The topological polar surface area (TPSA) is 76.7 Å². The van der Waals surface area contributed by atoms with E-state index in [1.807, 2.05) is 31.2 Å². The number of carbonyl (C=O) groups is 2. The third kappa shape index (κ3) is 3.74. The molecule has 0 bridgehead atoms. The molecule has 2 aromatic rings. The van der Waals surface area contributed by atoms with E-state index in [-0.39, 0.29) is 24.5 Å². The average molecular weight is 340 g/mol. The minimum atomic E-state index is -0.227. The average Bonchev–Trinajstić information content (AvgIpc) is 2.65. The number of amides is 2. The Kier molecular flexibility index (Phi) is 4.88. The van der Waals surface area contributed by atoms with Gasteiger partial charge in [0, 0.05) is 5.56 Å². The van der Waals surface area contributed by atoms with E-state index in [4.69, 9.17) is 9.47 Å². The Bertz CT molecular complexity index is 787. The molecule has 25 heavy (non-hydrogen) atoms. The molecule has 6 nitrogen and oxygen atoms in total. The predicted molar refractivity (Wildman–Crippen MR) is 94.1 cm³/mol. The van der Waals surface area contributed by atoms with E-state index in [1.54, 1.807) is 25.3 Å². The fraction of sp³-hybridized carbons (Fsp3) is 0.263. The SMILES string of the molecule is CCC(NC(=O)c1ccc2c(c1)NC(=O)CO2)c1ccc(OC)cc1. The molecule has 1 unspecified atom stereocenters. The monoisotopic (exact) mass is 340 g/mol. The predicted octanol–water partition coefficient (Wildman–Crippen LogP) is 2.91. The maximum absolute atomic E-state index is 12.6. The van der Waals surface area contributed by atoms with E-state index in [9.17, 15) is 9.59 Å². The highest BCUT2D eigenvalue weighted by Crippen LogP contribution is 2.29. The smallest absolute Gasteiger partial charge is 0.262 e. The van der Waals surface area contributed by atoms with Crippen LogP contribution in [-0.4, -0.2) is 25.5 Å². The number of hydrogen-bond donors (Lipinski definition) is 2. The van der Waals surface area contributed by atoms with E-state index < -0.39 is 0 Å². The first-order valence-electron chi connectivity index (χ1n) is 8.12. The summed E-state index contributed by atoms with van der Waals surface area (Å²) in [4.78, 5) is 24.0. The summed E-state index contributed by atoms with van der Waals surface area (Å²) in [6, 6.07) is 12.5. The van der Waals surface area contributed by atoms with Crippen molar-refractivity contribution in [3.63, 3.8) is 0 Å². The zero-order valence-corrected chi connectivity index (χ0v) is 14.2. The van der Waals surface area contributed by atoms with Crippen LogP contribution in [0.1, 0.15) is 35.3 Å². The number of fused-ring (bicyclic) bond motifs is 1. The van der Waals surface area contributed by atoms with Crippen molar-refractivity contribution in [3.8, 4) is 11.5 Å². The summed E-state index contributed by atoms with van der Waals surface area (Å²) in [6.07, 6.45) is 0.753. The quantitative estimate of drug-likeness (QED) is 0.877. The highest BCUT2D eigenvalue weighted by Gasteiger charge is 2.19. The van der Waals surface area contributed by atoms with Crippen LogP contribution in [0.2, 0.25) is 0 Å². The maximum atomic E-state index is 12.6. The Morgan fingerprint density at radius 1 is 1.28 bits per heavy atom. The molecule has 2 N–H and O–H groups in total. The maximum Gasteiger partial charge on any atom is 0.262 e. The van der Waals surface area contributed by atoms with E-state index in [0.717, 1.165) is 17.7 Å². The van der Waals surface area contributed by atoms with Crippen molar-refractivity contribution in [2.75, 3.05) is 19.0 Å². The summed E-state index contributed by atoms with van der Waals surface area (Å²) < 4.78 is 10.5. The summed E-state index contributed by atoms with van der Waals surface area (Å²) in [7, 11) is 1.62. The molecular weight excluding hydrogens is 320 g/mol. The molecule has 0 fully saturated rings. The van der Waals surface area contributed by atoms with Gasteiger partial charge in [0.15, 0.2) is 6.61 Å². The molecule has 0 spiro atoms. The van der Waals surface area contributed by atoms with Crippen LogP contribution in [0.5, 0.6) is 11.5 Å². The molecule has 1 aliphatic heterocycles. The summed E-state index contributed by atoms with van der Waals surface area (Å²) in [5.74, 6) is 0.911. The molecule has 1 heterocycles. The van der Waals surface area contributed by atoms with Crippen LogP contribution in [0.3, 0.4) is 0 Å². The lowest BCUT2D eigenvalue weighted by Gasteiger charge is -2.20. The van der Waals surface area contributed by atoms with Gasteiger partial charge in [-0.1, -0.05) is 19.1 Å². The Morgan fingerprint density at radius 3 is 2.72 bits per heavy atom. The van der Waals surface area contributed by atoms with Crippen molar-refractivity contribution in [3.05, 3.63) is 53.6 Å². The number of ether oxygens (including phenoxy) is 2. The van der Waals surface area contributed by atoms with Gasteiger partial charge in [-0.2, -0.15) is 0 Å². The van der Waals surface area contributed by atoms with Crippen molar-refractivity contribution >= 4 is 17.5 Å². The third-order valence-electron chi connectivity index (χ3n) is 4.11. The van der Waals surface area contributed by atoms with Crippen molar-refractivity contribution in [2.45, 2.75) is 19.4 Å². The first-order chi connectivity index (χ1) is 12.1. The zero-order chi connectivity index (χ0) is 17.8. The lowest BCUT2D eigenvalue weighted by molar-refractivity contribution is -0.118. The Balaban J connectivity index is 1.75. The standard InChI is InChI=1S/C19H20N2O4/c1-3-15(12-4-7-14(24-2)8-5-12)21-19(23)13-6-9-17-16(10-13)20-18(22)11-25-17/h4-10,15H,3,11H2,1-2H3,(H,20,22)(H,21,23). The molecule has 1 aliphatic rings. The van der Waals surface area contributed by atoms with Crippen LogP contribution in [0.4, 0.5) is 5.69 Å². The normalized spacial score (nSPS) is 13.9. The summed E-state index contributed by atoms with van der Waals surface area (Å²) >= 11 is 0. The van der Waals surface area contributed by atoms with Crippen LogP contribution in [0.15, 0.2) is 42.5 Å². The van der Waals surface area contributed by atoms with Gasteiger partial charge >= 0.3 is 0 Å². The van der Waals surface area contributed by atoms with Crippen molar-refractivity contribution in [1.82, 2.24) is 5.32 Å². The van der Waals surface area contributed by atoms with Crippen LogP contribution < -0.4 is 20.1 Å². The van der Waals surface area contributed by atoms with Crippen LogP contribution in [-0.2, 0) is 4.79 Å². The van der Waals surface area contributed by atoms with Crippen LogP contribution in [0, 0.1) is 0 Å². The Hall–Kier alpha value is -3.02. The number of anilines is 1. The van der Waals surface area contributed by atoms with Crippen LogP contribution in [0.25, 0.3) is 0 Å². The molecule has 0 aliphatic carbocycles. The van der Waals surface area contributed by atoms with Crippen molar-refractivity contribution in [1.29, 1.82) is 0 Å². The number of rotatable bonds is 5. The Labute approximate surface area is 146 Å². The molecule has 0 saturated heterocycles. The lowest BCUT2D eigenvalue weighted by Crippen LogP contribution is -2.29. The molecule has 2 amide bonds. The molecule has 3 rings (SSSR count). The summed E-state index contributed by atoms with van der Waals surface area (Å²) in [5.41, 5.74) is 1.99. The van der Waals surface area contributed by atoms with Gasteiger partial charge in [-0.3, -0.25) is 9.59 Å². The second-order valence-electron chi connectivity index (χ2n) is 5.76. The van der Waals surface area contributed by atoms with Gasteiger partial charge < -0.3 is 20.1 Å². The minimum Gasteiger partial charge on any atom is -0.497 e. The number of carbonyl (C=O) groups excluding carboxylic acids is 2. The van der Waals surface area contributed by atoms with Gasteiger partial charge in [0.05, 0.1) is 18.8 Å². The van der Waals surface area contributed by atoms with Gasteiger partial charge in [0.1, 0.15) is 11.5 Å². The molecule has 2 aromatic carbocycles. The van der Waals surface area contributed by atoms with E-state index in [0.29, 0.717) is 17.0 Å². The van der Waals surface area contributed by atoms with Crippen molar-refractivity contribution < 1.29 is 19.1 Å². The fourth-order valence-electron chi connectivity index (χ4n) is 2.72. The molecule has 1 atom stereocenters. The molecule has 0 aromatic heterocycles. The van der Waals surface area contributed by atoms with E-state index in [1.165, 1.54) is 0 Å². The Morgan fingerprint density at radius 2 is 2.04 bits per heavy atom. The van der Waals surface area contributed by atoms with Gasteiger partial charge in [-0.15, -0.1) is 0 Å². The van der Waals surface area contributed by atoms with Gasteiger partial charge in [-0.05, 0) is 42.3 Å². The summed E-state index contributed by atoms with van der Waals surface area (Å²) in [5, 5.41) is 5.73. The van der Waals surface area contributed by atoms with Crippen molar-refractivity contribution in [2.24, 2.45) is 0 Å². The number of hydrogen-bond acceptors (Lipinski definition) is 4. The number of benzene rings is 2. The molecule has 0 radical (unpaired) electrons. The molecular formula is C19H20N2O4. The van der Waals surface area contributed by atoms with E-state index in [2.05, 4.69) is 10.6 Å². The lowest BCUT2D eigenvalue weighted by atomic mass is 10.0. The number of methoxy groups -OCH3 is 1. The minimum absolute atomic E-state index is 0.00603. The highest BCUT2D eigenvalue weighted by atomic mass is 16.5. The second kappa shape index (κ2) is 7.25.